The van der Waals surface area contributed by atoms with Crippen molar-refractivity contribution in [2.24, 2.45) is 0 Å². The summed E-state index contributed by atoms with van der Waals surface area (Å²) in [6.45, 7) is 3.11. The number of likely N-dealkylation sites (tertiary alicyclic amines) is 2. The number of amides is 1. The summed E-state index contributed by atoms with van der Waals surface area (Å²) in [6, 6.07) is 9.66. The van der Waals surface area contributed by atoms with Crippen molar-refractivity contribution in [3.05, 3.63) is 70.9 Å². The van der Waals surface area contributed by atoms with E-state index in [2.05, 4.69) is 20.7 Å². The zero-order valence-corrected chi connectivity index (χ0v) is 20.7. The number of halogens is 5. The van der Waals surface area contributed by atoms with Crippen LogP contribution in [0.4, 0.5) is 22.0 Å². The molecular weight excluding hydrogens is 505 g/mol. The van der Waals surface area contributed by atoms with Gasteiger partial charge in [0.1, 0.15) is 17.3 Å². The second-order valence-corrected chi connectivity index (χ2v) is 9.85. The number of benzene rings is 2. The first-order valence-corrected chi connectivity index (χ1v) is 12.7. The summed E-state index contributed by atoms with van der Waals surface area (Å²) >= 11 is 0. The standard InChI is InChI=1S/C28H28F5N3O2/c29-20-5-3-18(4-6-20)16-19-9-13-35(14-10-19)15-11-21-2-1-12-36(21)27(37)26-25(30)23-8-7-22(17-24(23)34-26)38-28(31,32)33/h3-8,16-17,21,34H,1-2,9-15H2/t21-/m0/s1. The highest BCUT2D eigenvalue weighted by Gasteiger charge is 2.34. The molecule has 3 heterocycles. The highest BCUT2D eigenvalue weighted by molar-refractivity contribution is 5.99. The van der Waals surface area contributed by atoms with E-state index in [0.29, 0.717) is 6.54 Å². The maximum Gasteiger partial charge on any atom is 0.573 e. The van der Waals surface area contributed by atoms with Gasteiger partial charge in [0.05, 0.1) is 5.52 Å². The van der Waals surface area contributed by atoms with Crippen LogP contribution >= 0.6 is 0 Å². The van der Waals surface area contributed by atoms with Crippen LogP contribution in [0, 0.1) is 11.6 Å². The zero-order chi connectivity index (χ0) is 26.9. The molecule has 2 aliphatic rings. The fraction of sp³-hybridized carbons (Fsp3) is 0.393. The van der Waals surface area contributed by atoms with Crippen molar-refractivity contribution in [3.8, 4) is 5.75 Å². The number of nitrogens with one attached hydrogen (secondary N) is 1. The van der Waals surface area contributed by atoms with E-state index in [1.807, 2.05) is 0 Å². The van der Waals surface area contributed by atoms with Crippen LogP contribution in [0.3, 0.4) is 0 Å². The Morgan fingerprint density at radius 2 is 1.79 bits per heavy atom. The van der Waals surface area contributed by atoms with Crippen molar-refractivity contribution in [1.29, 1.82) is 0 Å². The number of hydrogen-bond acceptors (Lipinski definition) is 3. The van der Waals surface area contributed by atoms with E-state index in [-0.39, 0.29) is 28.5 Å². The van der Waals surface area contributed by atoms with Crippen LogP contribution < -0.4 is 4.74 Å². The lowest BCUT2D eigenvalue weighted by Gasteiger charge is -2.31. The van der Waals surface area contributed by atoms with Gasteiger partial charge >= 0.3 is 6.36 Å². The summed E-state index contributed by atoms with van der Waals surface area (Å²) in [6.07, 6.45) is 1.48. The summed E-state index contributed by atoms with van der Waals surface area (Å²) < 4.78 is 69.7. The lowest BCUT2D eigenvalue weighted by molar-refractivity contribution is -0.274. The molecule has 1 aromatic heterocycles. The molecule has 202 valence electrons. The predicted octanol–water partition coefficient (Wildman–Crippen LogP) is 6.52. The molecule has 0 spiro atoms. The second kappa shape index (κ2) is 10.8. The highest BCUT2D eigenvalue weighted by Crippen LogP contribution is 2.31. The number of hydrogen-bond donors (Lipinski definition) is 1. The minimum absolute atomic E-state index is 0.0337. The Kier molecular flexibility index (Phi) is 7.43. The molecule has 1 N–H and O–H groups in total. The van der Waals surface area contributed by atoms with Crippen LogP contribution in [0.25, 0.3) is 17.0 Å². The number of carbonyl (C=O) groups excluding carboxylic acids is 1. The number of ether oxygens (including phenoxy) is 1. The summed E-state index contributed by atoms with van der Waals surface area (Å²) in [4.78, 5) is 19.9. The third-order valence-corrected chi connectivity index (χ3v) is 7.31. The van der Waals surface area contributed by atoms with Gasteiger partial charge in [-0.3, -0.25) is 4.79 Å². The third kappa shape index (κ3) is 6.01. The van der Waals surface area contributed by atoms with E-state index in [9.17, 15) is 22.4 Å². The first-order chi connectivity index (χ1) is 18.2. The number of H-pyrrole nitrogens is 1. The average molecular weight is 534 g/mol. The highest BCUT2D eigenvalue weighted by atomic mass is 19.4. The SMILES string of the molecule is O=C(c1[nH]c2cc(OC(F)(F)F)ccc2c1F)N1CCC[C@H]1CCN1CCC(=Cc2ccc(F)cc2)CC1. The minimum Gasteiger partial charge on any atom is -0.406 e. The number of rotatable bonds is 6. The molecule has 38 heavy (non-hydrogen) atoms. The Hall–Kier alpha value is -3.40. The van der Waals surface area contributed by atoms with E-state index in [0.717, 1.165) is 69.4 Å². The molecule has 0 aliphatic carbocycles. The van der Waals surface area contributed by atoms with Crippen LogP contribution in [-0.4, -0.2) is 59.3 Å². The van der Waals surface area contributed by atoms with Crippen LogP contribution in [0.15, 0.2) is 48.0 Å². The van der Waals surface area contributed by atoms with Crippen LogP contribution in [0.1, 0.15) is 48.2 Å². The van der Waals surface area contributed by atoms with Crippen molar-refractivity contribution >= 4 is 22.9 Å². The number of alkyl halides is 3. The molecule has 2 fully saturated rings. The monoisotopic (exact) mass is 533 g/mol. The van der Waals surface area contributed by atoms with Crippen LogP contribution in [-0.2, 0) is 0 Å². The number of piperidine rings is 1. The molecule has 0 unspecified atom stereocenters. The van der Waals surface area contributed by atoms with E-state index in [1.54, 1.807) is 17.0 Å². The number of aromatic amines is 1. The minimum atomic E-state index is -4.87. The molecule has 3 aromatic rings. The topological polar surface area (TPSA) is 48.6 Å². The van der Waals surface area contributed by atoms with E-state index in [1.165, 1.54) is 23.8 Å². The number of fused-ring (bicyclic) bond motifs is 1. The first-order valence-electron chi connectivity index (χ1n) is 12.7. The molecule has 0 bridgehead atoms. The summed E-state index contributed by atoms with van der Waals surface area (Å²) in [5.41, 5.74) is 2.14. The molecule has 1 atom stereocenters. The molecule has 0 saturated carbocycles. The maximum absolute atomic E-state index is 15.0. The van der Waals surface area contributed by atoms with Gasteiger partial charge in [-0.05, 0) is 61.9 Å². The lowest BCUT2D eigenvalue weighted by atomic mass is 10.0. The number of nitrogens with zero attached hydrogens (tertiary/aromatic N) is 2. The van der Waals surface area contributed by atoms with Gasteiger partial charge in [0.2, 0.25) is 0 Å². The smallest absolute Gasteiger partial charge is 0.406 e. The Bertz CT molecular complexity index is 1320. The van der Waals surface area contributed by atoms with Gasteiger partial charge in [0.25, 0.3) is 5.91 Å². The first kappa shape index (κ1) is 26.2. The fourth-order valence-corrected chi connectivity index (χ4v) is 5.37. The molecule has 1 amide bonds. The summed E-state index contributed by atoms with van der Waals surface area (Å²) in [7, 11) is 0. The van der Waals surface area contributed by atoms with Crippen molar-refractivity contribution in [2.45, 2.75) is 44.5 Å². The quantitative estimate of drug-likeness (QED) is 0.367. The Labute approximate surface area is 216 Å². The molecule has 5 nitrogen and oxygen atoms in total. The van der Waals surface area contributed by atoms with Gasteiger partial charge < -0.3 is 19.5 Å². The van der Waals surface area contributed by atoms with Crippen LogP contribution in [0.5, 0.6) is 5.75 Å². The molecule has 5 rings (SSSR count). The zero-order valence-electron chi connectivity index (χ0n) is 20.7. The molecular formula is C28H28F5N3O2. The predicted molar refractivity (Wildman–Crippen MR) is 134 cm³/mol. The average Bonchev–Trinajstić information content (AvgIpc) is 3.48. The van der Waals surface area contributed by atoms with Gasteiger partial charge in [0, 0.05) is 43.7 Å². The van der Waals surface area contributed by atoms with Crippen molar-refractivity contribution in [1.82, 2.24) is 14.8 Å². The molecule has 2 aromatic carbocycles. The van der Waals surface area contributed by atoms with Crippen molar-refractivity contribution in [2.75, 3.05) is 26.2 Å². The van der Waals surface area contributed by atoms with Gasteiger partial charge in [0.15, 0.2) is 5.82 Å². The summed E-state index contributed by atoms with van der Waals surface area (Å²) in [5.74, 6) is -1.99. The Morgan fingerprint density at radius 3 is 2.50 bits per heavy atom. The Balaban J connectivity index is 1.19. The van der Waals surface area contributed by atoms with Gasteiger partial charge in [-0.2, -0.15) is 0 Å². The second-order valence-electron chi connectivity index (χ2n) is 9.85. The van der Waals surface area contributed by atoms with Gasteiger partial charge in [-0.25, -0.2) is 8.78 Å². The molecule has 2 saturated heterocycles. The fourth-order valence-electron chi connectivity index (χ4n) is 5.37. The molecule has 2 aliphatic heterocycles. The van der Waals surface area contributed by atoms with Gasteiger partial charge in [-0.15, -0.1) is 13.2 Å². The molecule has 0 radical (unpaired) electrons. The van der Waals surface area contributed by atoms with E-state index < -0.39 is 23.8 Å². The number of aromatic nitrogens is 1. The third-order valence-electron chi connectivity index (χ3n) is 7.31. The Morgan fingerprint density at radius 1 is 1.05 bits per heavy atom. The lowest BCUT2D eigenvalue weighted by Crippen LogP contribution is -2.39. The summed E-state index contributed by atoms with van der Waals surface area (Å²) in [5, 5.41) is 0.0384. The maximum atomic E-state index is 15.0. The van der Waals surface area contributed by atoms with Gasteiger partial charge in [-0.1, -0.05) is 23.8 Å². The largest absolute Gasteiger partial charge is 0.573 e. The normalized spacial score (nSPS) is 18.8. The molecule has 10 heteroatoms. The van der Waals surface area contributed by atoms with Crippen molar-refractivity contribution in [3.63, 3.8) is 0 Å². The van der Waals surface area contributed by atoms with E-state index >= 15 is 4.39 Å². The van der Waals surface area contributed by atoms with Crippen molar-refractivity contribution < 1.29 is 31.5 Å². The van der Waals surface area contributed by atoms with Crippen LogP contribution in [0.2, 0.25) is 0 Å². The van der Waals surface area contributed by atoms with E-state index in [4.69, 9.17) is 0 Å². The number of carbonyl (C=O) groups is 1.